The SMILES string of the molecule is CCC1CCC(SCC2CNC2)CC1. The standard InChI is InChI=1S/C12H23NS/c1-2-10-3-5-12(6-4-10)14-9-11-7-13-8-11/h10-13H,2-9H2,1H3. The number of hydrogen-bond acceptors (Lipinski definition) is 2. The van der Waals surface area contributed by atoms with Crippen molar-refractivity contribution in [2.45, 2.75) is 44.3 Å². The molecule has 1 saturated carbocycles. The van der Waals surface area contributed by atoms with Crippen LogP contribution < -0.4 is 5.32 Å². The van der Waals surface area contributed by atoms with Crippen molar-refractivity contribution >= 4 is 11.8 Å². The minimum absolute atomic E-state index is 0.990. The molecule has 1 aliphatic carbocycles. The van der Waals surface area contributed by atoms with Crippen LogP contribution in [-0.4, -0.2) is 24.1 Å². The van der Waals surface area contributed by atoms with E-state index in [4.69, 9.17) is 0 Å². The van der Waals surface area contributed by atoms with E-state index in [1.54, 1.807) is 0 Å². The van der Waals surface area contributed by atoms with Crippen molar-refractivity contribution in [1.29, 1.82) is 0 Å². The van der Waals surface area contributed by atoms with Gasteiger partial charge in [-0.25, -0.2) is 0 Å². The second-order valence-electron chi connectivity index (χ2n) is 4.91. The van der Waals surface area contributed by atoms with E-state index in [-0.39, 0.29) is 0 Å². The van der Waals surface area contributed by atoms with E-state index < -0.39 is 0 Å². The summed E-state index contributed by atoms with van der Waals surface area (Å²) in [6, 6.07) is 0. The van der Waals surface area contributed by atoms with Crippen LogP contribution in [0.3, 0.4) is 0 Å². The summed E-state index contributed by atoms with van der Waals surface area (Å²) in [5.74, 6) is 3.45. The van der Waals surface area contributed by atoms with Gasteiger partial charge < -0.3 is 5.32 Å². The lowest BCUT2D eigenvalue weighted by Gasteiger charge is -2.31. The summed E-state index contributed by atoms with van der Waals surface area (Å²) >= 11 is 2.25. The van der Waals surface area contributed by atoms with E-state index >= 15 is 0 Å². The lowest BCUT2D eigenvalue weighted by molar-refractivity contribution is 0.353. The maximum atomic E-state index is 3.35. The molecule has 0 aromatic rings. The Morgan fingerprint density at radius 1 is 1.07 bits per heavy atom. The van der Waals surface area contributed by atoms with Gasteiger partial charge in [-0.05, 0) is 56.4 Å². The fourth-order valence-corrected chi connectivity index (χ4v) is 3.83. The van der Waals surface area contributed by atoms with Gasteiger partial charge in [-0.3, -0.25) is 0 Å². The zero-order valence-electron chi connectivity index (χ0n) is 9.30. The van der Waals surface area contributed by atoms with Crippen LogP contribution in [-0.2, 0) is 0 Å². The van der Waals surface area contributed by atoms with Crippen LogP contribution in [0, 0.1) is 11.8 Å². The highest BCUT2D eigenvalue weighted by atomic mass is 32.2. The fourth-order valence-electron chi connectivity index (χ4n) is 2.45. The van der Waals surface area contributed by atoms with Crippen LogP contribution in [0.2, 0.25) is 0 Å². The van der Waals surface area contributed by atoms with Crippen molar-refractivity contribution in [3.05, 3.63) is 0 Å². The molecule has 0 aromatic heterocycles. The minimum atomic E-state index is 0.990. The summed E-state index contributed by atoms with van der Waals surface area (Å²) < 4.78 is 0. The molecule has 0 radical (unpaired) electrons. The molecular formula is C12H23NS. The molecular weight excluding hydrogens is 190 g/mol. The van der Waals surface area contributed by atoms with Gasteiger partial charge in [0.2, 0.25) is 0 Å². The Morgan fingerprint density at radius 2 is 1.79 bits per heavy atom. The van der Waals surface area contributed by atoms with Crippen LogP contribution >= 0.6 is 11.8 Å². The van der Waals surface area contributed by atoms with Crippen molar-refractivity contribution in [3.63, 3.8) is 0 Å². The first-order valence-electron chi connectivity index (χ1n) is 6.20. The Hall–Kier alpha value is 0.310. The quantitative estimate of drug-likeness (QED) is 0.770. The van der Waals surface area contributed by atoms with Crippen molar-refractivity contribution < 1.29 is 0 Å². The number of nitrogens with one attached hydrogen (secondary N) is 1. The Bertz CT molecular complexity index is 160. The first-order valence-corrected chi connectivity index (χ1v) is 7.25. The molecule has 1 saturated heterocycles. The molecule has 0 amide bonds. The summed E-state index contributed by atoms with van der Waals surface area (Å²) in [4.78, 5) is 0. The average Bonchev–Trinajstić information content (AvgIpc) is 2.16. The first kappa shape index (κ1) is 10.8. The van der Waals surface area contributed by atoms with Gasteiger partial charge >= 0.3 is 0 Å². The lowest BCUT2D eigenvalue weighted by Crippen LogP contribution is -2.43. The zero-order valence-corrected chi connectivity index (χ0v) is 10.1. The van der Waals surface area contributed by atoms with E-state index in [2.05, 4.69) is 24.0 Å². The Labute approximate surface area is 92.4 Å². The summed E-state index contributed by atoms with van der Waals surface area (Å²) in [7, 11) is 0. The van der Waals surface area contributed by atoms with Gasteiger partial charge in [0, 0.05) is 5.25 Å². The highest BCUT2D eigenvalue weighted by Crippen LogP contribution is 2.34. The van der Waals surface area contributed by atoms with Crippen molar-refractivity contribution in [3.8, 4) is 0 Å². The van der Waals surface area contributed by atoms with E-state index in [0.29, 0.717) is 0 Å². The monoisotopic (exact) mass is 213 g/mol. The Balaban J connectivity index is 1.58. The lowest BCUT2D eigenvalue weighted by atomic mass is 9.87. The third-order valence-corrected chi connectivity index (χ3v) is 5.41. The number of thioether (sulfide) groups is 1. The molecule has 1 heterocycles. The van der Waals surface area contributed by atoms with Crippen LogP contribution in [0.25, 0.3) is 0 Å². The van der Waals surface area contributed by atoms with Gasteiger partial charge in [0.1, 0.15) is 0 Å². The predicted octanol–water partition coefficient (Wildman–Crippen LogP) is 2.91. The van der Waals surface area contributed by atoms with Crippen molar-refractivity contribution in [2.24, 2.45) is 11.8 Å². The molecule has 2 rings (SSSR count). The van der Waals surface area contributed by atoms with Gasteiger partial charge in [-0.15, -0.1) is 0 Å². The molecule has 14 heavy (non-hydrogen) atoms. The van der Waals surface area contributed by atoms with E-state index in [9.17, 15) is 0 Å². The molecule has 0 atom stereocenters. The third-order valence-electron chi connectivity index (χ3n) is 3.80. The van der Waals surface area contributed by atoms with Crippen molar-refractivity contribution in [2.75, 3.05) is 18.8 Å². The normalized spacial score (nSPS) is 34.1. The van der Waals surface area contributed by atoms with E-state index in [0.717, 1.165) is 17.1 Å². The van der Waals surface area contributed by atoms with Crippen LogP contribution in [0.1, 0.15) is 39.0 Å². The molecule has 1 aliphatic heterocycles. The molecule has 2 heteroatoms. The molecule has 1 N–H and O–H groups in total. The average molecular weight is 213 g/mol. The molecule has 0 unspecified atom stereocenters. The minimum Gasteiger partial charge on any atom is -0.316 e. The predicted molar refractivity (Wildman–Crippen MR) is 64.9 cm³/mol. The van der Waals surface area contributed by atoms with Gasteiger partial charge in [0.05, 0.1) is 0 Å². The van der Waals surface area contributed by atoms with Gasteiger partial charge in [-0.2, -0.15) is 11.8 Å². The van der Waals surface area contributed by atoms with Crippen LogP contribution in [0.4, 0.5) is 0 Å². The molecule has 2 fully saturated rings. The second-order valence-corrected chi connectivity index (χ2v) is 6.24. The second kappa shape index (κ2) is 5.41. The Kier molecular flexibility index (Phi) is 4.18. The summed E-state index contributed by atoms with van der Waals surface area (Å²) in [5.41, 5.74) is 0. The maximum Gasteiger partial charge on any atom is 0.00473 e. The number of hydrogen-bond donors (Lipinski definition) is 1. The number of rotatable bonds is 4. The first-order chi connectivity index (χ1) is 6.88. The van der Waals surface area contributed by atoms with Crippen LogP contribution in [0.15, 0.2) is 0 Å². The molecule has 2 aliphatic rings. The maximum absolute atomic E-state index is 3.35. The highest BCUT2D eigenvalue weighted by molar-refractivity contribution is 7.99. The topological polar surface area (TPSA) is 12.0 Å². The summed E-state index contributed by atoms with van der Waals surface area (Å²) in [6.45, 7) is 4.90. The molecule has 0 bridgehead atoms. The van der Waals surface area contributed by atoms with Gasteiger partial charge in [-0.1, -0.05) is 13.3 Å². The molecule has 0 spiro atoms. The molecule has 0 aromatic carbocycles. The fraction of sp³-hybridized carbons (Fsp3) is 1.00. The van der Waals surface area contributed by atoms with Crippen molar-refractivity contribution in [1.82, 2.24) is 5.32 Å². The van der Waals surface area contributed by atoms with Gasteiger partial charge in [0.15, 0.2) is 0 Å². The molecule has 82 valence electrons. The van der Waals surface area contributed by atoms with E-state index in [1.807, 2.05) is 0 Å². The molecule has 1 nitrogen and oxygen atoms in total. The van der Waals surface area contributed by atoms with Crippen LogP contribution in [0.5, 0.6) is 0 Å². The van der Waals surface area contributed by atoms with Gasteiger partial charge in [0.25, 0.3) is 0 Å². The summed E-state index contributed by atoms with van der Waals surface area (Å²) in [5, 5.41) is 4.35. The Morgan fingerprint density at radius 3 is 2.29 bits per heavy atom. The van der Waals surface area contributed by atoms with E-state index in [1.165, 1.54) is 50.9 Å². The zero-order chi connectivity index (χ0) is 9.80. The summed E-state index contributed by atoms with van der Waals surface area (Å²) in [6.07, 6.45) is 7.38. The highest BCUT2D eigenvalue weighted by Gasteiger charge is 2.23. The largest absolute Gasteiger partial charge is 0.316 e. The third kappa shape index (κ3) is 2.90. The smallest absolute Gasteiger partial charge is 0.00473 e.